The summed E-state index contributed by atoms with van der Waals surface area (Å²) in [5, 5.41) is 13.7. The Hall–Kier alpha value is -2.52. The Bertz CT molecular complexity index is 711. The van der Waals surface area contributed by atoms with Crippen molar-refractivity contribution in [3.05, 3.63) is 44.8 Å². The Morgan fingerprint density at radius 3 is 2.71 bits per heavy atom. The van der Waals surface area contributed by atoms with Crippen LogP contribution in [0.15, 0.2) is 18.2 Å². The first-order valence-corrected chi connectivity index (χ1v) is 6.02. The highest BCUT2D eigenvalue weighted by molar-refractivity contribution is 6.31. The molecule has 4 N–H and O–H groups in total. The van der Waals surface area contributed by atoms with Gasteiger partial charge in [-0.2, -0.15) is 4.98 Å². The molecule has 110 valence electrons. The third-order valence-corrected chi connectivity index (χ3v) is 2.84. The molecule has 0 saturated heterocycles. The molecule has 10 heteroatoms. The zero-order valence-corrected chi connectivity index (χ0v) is 11.5. The SMILES string of the molecule is Cc1nc(NN)nc(Nc2ccc(F)c(Cl)c2)c1[N+](=O)[O-]. The lowest BCUT2D eigenvalue weighted by molar-refractivity contribution is -0.385. The summed E-state index contributed by atoms with van der Waals surface area (Å²) in [5.74, 6) is 4.54. The minimum Gasteiger partial charge on any atom is -0.334 e. The van der Waals surface area contributed by atoms with E-state index in [-0.39, 0.29) is 28.2 Å². The smallest absolute Gasteiger partial charge is 0.332 e. The number of anilines is 3. The highest BCUT2D eigenvalue weighted by Crippen LogP contribution is 2.30. The molecule has 0 unspecified atom stereocenters. The van der Waals surface area contributed by atoms with Gasteiger partial charge < -0.3 is 5.32 Å². The van der Waals surface area contributed by atoms with E-state index in [0.717, 1.165) is 6.07 Å². The van der Waals surface area contributed by atoms with E-state index < -0.39 is 10.7 Å². The van der Waals surface area contributed by atoms with Crippen LogP contribution in [0, 0.1) is 22.9 Å². The third kappa shape index (κ3) is 3.15. The predicted octanol–water partition coefficient (Wildman–Crippen LogP) is 2.51. The number of hydrazine groups is 1. The molecule has 0 atom stereocenters. The van der Waals surface area contributed by atoms with Crippen molar-refractivity contribution in [3.63, 3.8) is 0 Å². The highest BCUT2D eigenvalue weighted by Gasteiger charge is 2.22. The van der Waals surface area contributed by atoms with Gasteiger partial charge in [-0.3, -0.25) is 15.5 Å². The number of nitrogen functional groups attached to an aromatic ring is 1. The van der Waals surface area contributed by atoms with Crippen LogP contribution in [0.1, 0.15) is 5.69 Å². The fourth-order valence-corrected chi connectivity index (χ4v) is 1.83. The summed E-state index contributed by atoms with van der Waals surface area (Å²) < 4.78 is 13.1. The minimum atomic E-state index is -0.622. The van der Waals surface area contributed by atoms with Crippen molar-refractivity contribution in [2.75, 3.05) is 10.7 Å². The van der Waals surface area contributed by atoms with Crippen LogP contribution in [0.5, 0.6) is 0 Å². The molecule has 0 fully saturated rings. The van der Waals surface area contributed by atoms with E-state index >= 15 is 0 Å². The molecule has 0 aliphatic rings. The van der Waals surface area contributed by atoms with Gasteiger partial charge in [0.25, 0.3) is 0 Å². The number of aromatic nitrogens is 2. The lowest BCUT2D eigenvalue weighted by Crippen LogP contribution is -2.13. The van der Waals surface area contributed by atoms with Crippen molar-refractivity contribution in [1.82, 2.24) is 9.97 Å². The molecule has 2 rings (SSSR count). The number of benzene rings is 1. The molecule has 8 nitrogen and oxygen atoms in total. The van der Waals surface area contributed by atoms with E-state index in [1.165, 1.54) is 19.1 Å². The normalized spacial score (nSPS) is 10.3. The maximum atomic E-state index is 13.1. The van der Waals surface area contributed by atoms with E-state index in [9.17, 15) is 14.5 Å². The van der Waals surface area contributed by atoms with Gasteiger partial charge in [0, 0.05) is 5.69 Å². The zero-order valence-electron chi connectivity index (χ0n) is 10.7. The number of rotatable bonds is 4. The molecule has 0 radical (unpaired) electrons. The van der Waals surface area contributed by atoms with E-state index in [1.807, 2.05) is 0 Å². The van der Waals surface area contributed by atoms with Gasteiger partial charge in [-0.05, 0) is 25.1 Å². The maximum absolute atomic E-state index is 13.1. The molecule has 1 aromatic heterocycles. The second-order valence-corrected chi connectivity index (χ2v) is 4.39. The standard InChI is InChI=1S/C11H10ClFN6O2/c1-5-9(19(20)21)10(17-11(15-5)18-14)16-6-2-3-8(13)7(12)4-6/h2-4H,14H2,1H3,(H2,15,16,17,18). The monoisotopic (exact) mass is 312 g/mol. The third-order valence-electron chi connectivity index (χ3n) is 2.55. The molecule has 21 heavy (non-hydrogen) atoms. The van der Waals surface area contributed by atoms with Gasteiger partial charge in [0.1, 0.15) is 11.5 Å². The fourth-order valence-electron chi connectivity index (χ4n) is 1.65. The highest BCUT2D eigenvalue weighted by atomic mass is 35.5. The summed E-state index contributed by atoms with van der Waals surface area (Å²) in [7, 11) is 0. The molecule has 0 saturated carbocycles. The molecule has 2 aromatic rings. The van der Waals surface area contributed by atoms with Gasteiger partial charge in [-0.1, -0.05) is 11.6 Å². The average Bonchev–Trinajstić information content (AvgIpc) is 2.41. The summed E-state index contributed by atoms with van der Waals surface area (Å²) in [6, 6.07) is 3.79. The Morgan fingerprint density at radius 1 is 1.43 bits per heavy atom. The van der Waals surface area contributed by atoms with Crippen LogP contribution < -0.4 is 16.6 Å². The number of halogens is 2. The predicted molar refractivity (Wildman–Crippen MR) is 75.9 cm³/mol. The number of hydrogen-bond acceptors (Lipinski definition) is 7. The van der Waals surface area contributed by atoms with Crippen LogP contribution in [0.3, 0.4) is 0 Å². The summed E-state index contributed by atoms with van der Waals surface area (Å²) in [4.78, 5) is 18.2. The van der Waals surface area contributed by atoms with Crippen molar-refractivity contribution >= 4 is 34.7 Å². The van der Waals surface area contributed by atoms with Crippen molar-refractivity contribution in [1.29, 1.82) is 0 Å². The number of nitrogens with zero attached hydrogens (tertiary/aromatic N) is 3. The van der Waals surface area contributed by atoms with Gasteiger partial charge in [-0.25, -0.2) is 15.2 Å². The molecule has 0 amide bonds. The van der Waals surface area contributed by atoms with E-state index in [2.05, 4.69) is 20.7 Å². The quantitative estimate of drug-likeness (QED) is 0.451. The summed E-state index contributed by atoms with van der Waals surface area (Å²) in [6.45, 7) is 1.45. The second-order valence-electron chi connectivity index (χ2n) is 3.99. The Labute approximate surface area is 123 Å². The minimum absolute atomic E-state index is 0.00816. The van der Waals surface area contributed by atoms with Gasteiger partial charge in [0.2, 0.25) is 11.8 Å². The lowest BCUT2D eigenvalue weighted by Gasteiger charge is -2.09. The van der Waals surface area contributed by atoms with Crippen molar-refractivity contribution in [2.45, 2.75) is 6.92 Å². The van der Waals surface area contributed by atoms with Crippen molar-refractivity contribution < 1.29 is 9.31 Å². The van der Waals surface area contributed by atoms with Crippen LogP contribution >= 0.6 is 11.6 Å². The first kappa shape index (κ1) is 14.9. The van der Waals surface area contributed by atoms with E-state index in [1.54, 1.807) is 0 Å². The summed E-state index contributed by atoms with van der Waals surface area (Å²) in [6.07, 6.45) is 0. The Kier molecular flexibility index (Phi) is 4.15. The number of aryl methyl sites for hydroxylation is 1. The fraction of sp³-hybridized carbons (Fsp3) is 0.0909. The van der Waals surface area contributed by atoms with Crippen molar-refractivity contribution in [3.8, 4) is 0 Å². The van der Waals surface area contributed by atoms with E-state index in [4.69, 9.17) is 17.4 Å². The van der Waals surface area contributed by atoms with Crippen LogP contribution in [0.2, 0.25) is 5.02 Å². The first-order valence-electron chi connectivity index (χ1n) is 5.64. The number of nitro groups is 1. The largest absolute Gasteiger partial charge is 0.334 e. The number of nitrogens with two attached hydrogens (primary N) is 1. The summed E-state index contributed by atoms with van der Waals surface area (Å²) >= 11 is 5.66. The first-order chi connectivity index (χ1) is 9.92. The zero-order chi connectivity index (χ0) is 15.6. The average molecular weight is 313 g/mol. The maximum Gasteiger partial charge on any atom is 0.332 e. The van der Waals surface area contributed by atoms with Crippen LogP contribution in [-0.2, 0) is 0 Å². The molecule has 1 aromatic carbocycles. The Morgan fingerprint density at radius 2 is 2.14 bits per heavy atom. The second kappa shape index (κ2) is 5.85. The lowest BCUT2D eigenvalue weighted by atomic mass is 10.3. The molecule has 0 bridgehead atoms. The molecule has 0 aliphatic carbocycles. The van der Waals surface area contributed by atoms with Gasteiger partial charge in [0.05, 0.1) is 9.95 Å². The van der Waals surface area contributed by atoms with Crippen LogP contribution in [0.4, 0.5) is 27.5 Å². The molecular formula is C11H10ClFN6O2. The number of nitrogens with one attached hydrogen (secondary N) is 2. The van der Waals surface area contributed by atoms with Crippen molar-refractivity contribution in [2.24, 2.45) is 5.84 Å². The molecular weight excluding hydrogens is 303 g/mol. The van der Waals surface area contributed by atoms with Crippen LogP contribution in [-0.4, -0.2) is 14.9 Å². The molecule has 0 spiro atoms. The molecule has 1 heterocycles. The Balaban J connectivity index is 2.48. The van der Waals surface area contributed by atoms with Gasteiger partial charge in [0.15, 0.2) is 0 Å². The topological polar surface area (TPSA) is 119 Å². The molecule has 0 aliphatic heterocycles. The van der Waals surface area contributed by atoms with Gasteiger partial charge in [-0.15, -0.1) is 0 Å². The van der Waals surface area contributed by atoms with Crippen LogP contribution in [0.25, 0.3) is 0 Å². The number of hydrogen-bond donors (Lipinski definition) is 3. The van der Waals surface area contributed by atoms with Gasteiger partial charge >= 0.3 is 5.69 Å². The summed E-state index contributed by atoms with van der Waals surface area (Å²) in [5.41, 5.74) is 2.36. The van der Waals surface area contributed by atoms with E-state index in [0.29, 0.717) is 5.69 Å².